The standard InChI is InChI=1S/C15H20ClNO3/c1-11-14(15(18)19)7-9-17(11)8-2-10-20-13-5-3-12(16)4-6-13/h3-6,11,14H,2,7-10H2,1H3,(H,18,19). The van der Waals surface area contributed by atoms with Crippen LogP contribution in [0.3, 0.4) is 0 Å². The van der Waals surface area contributed by atoms with Gasteiger partial charge in [0, 0.05) is 17.6 Å². The summed E-state index contributed by atoms with van der Waals surface area (Å²) in [6, 6.07) is 7.42. The molecule has 0 saturated carbocycles. The van der Waals surface area contributed by atoms with Gasteiger partial charge in [-0.25, -0.2) is 0 Å². The fourth-order valence-corrected chi connectivity index (χ4v) is 2.76. The molecule has 1 aliphatic heterocycles. The predicted octanol–water partition coefficient (Wildman–Crippen LogP) is 2.90. The summed E-state index contributed by atoms with van der Waals surface area (Å²) in [5, 5.41) is 9.78. The van der Waals surface area contributed by atoms with Crippen molar-refractivity contribution >= 4 is 17.6 Å². The molecule has 2 unspecified atom stereocenters. The summed E-state index contributed by atoms with van der Waals surface area (Å²) in [5.74, 6) is -0.100. The zero-order valence-corrected chi connectivity index (χ0v) is 12.3. The summed E-state index contributed by atoms with van der Waals surface area (Å²) in [6.07, 6.45) is 1.63. The van der Waals surface area contributed by atoms with E-state index in [-0.39, 0.29) is 12.0 Å². The maximum Gasteiger partial charge on any atom is 0.308 e. The topological polar surface area (TPSA) is 49.8 Å². The minimum atomic E-state index is -0.683. The van der Waals surface area contributed by atoms with Crippen LogP contribution < -0.4 is 4.74 Å². The third-order valence-electron chi connectivity index (χ3n) is 3.87. The van der Waals surface area contributed by atoms with Crippen molar-refractivity contribution in [2.24, 2.45) is 5.92 Å². The smallest absolute Gasteiger partial charge is 0.308 e. The minimum Gasteiger partial charge on any atom is -0.494 e. The Hall–Kier alpha value is -1.26. The average molecular weight is 298 g/mol. The monoisotopic (exact) mass is 297 g/mol. The molecule has 4 nitrogen and oxygen atoms in total. The van der Waals surface area contributed by atoms with E-state index in [9.17, 15) is 4.79 Å². The molecule has 0 spiro atoms. The first kappa shape index (κ1) is 15.1. The van der Waals surface area contributed by atoms with Crippen molar-refractivity contribution in [3.8, 4) is 5.75 Å². The lowest BCUT2D eigenvalue weighted by Crippen LogP contribution is -2.34. The molecule has 20 heavy (non-hydrogen) atoms. The number of rotatable bonds is 6. The number of nitrogens with zero attached hydrogens (tertiary/aromatic N) is 1. The maximum atomic E-state index is 11.0. The Bertz CT molecular complexity index is 449. The number of benzene rings is 1. The van der Waals surface area contributed by atoms with Crippen LogP contribution in [0.25, 0.3) is 0 Å². The molecule has 1 N–H and O–H groups in total. The Kier molecular flexibility index (Phi) is 5.26. The largest absolute Gasteiger partial charge is 0.494 e. The van der Waals surface area contributed by atoms with Crippen LogP contribution in [0.5, 0.6) is 5.75 Å². The van der Waals surface area contributed by atoms with E-state index >= 15 is 0 Å². The molecule has 2 atom stereocenters. The van der Waals surface area contributed by atoms with Gasteiger partial charge in [-0.05, 0) is 50.6 Å². The molecule has 1 fully saturated rings. The van der Waals surface area contributed by atoms with Crippen LogP contribution in [-0.2, 0) is 4.79 Å². The Balaban J connectivity index is 1.69. The summed E-state index contributed by atoms with van der Waals surface area (Å²) in [5.41, 5.74) is 0. The number of aliphatic carboxylic acids is 1. The van der Waals surface area contributed by atoms with E-state index in [4.69, 9.17) is 21.4 Å². The van der Waals surface area contributed by atoms with Crippen molar-refractivity contribution in [1.29, 1.82) is 0 Å². The van der Waals surface area contributed by atoms with Crippen molar-refractivity contribution in [3.05, 3.63) is 29.3 Å². The molecular formula is C15H20ClNO3. The van der Waals surface area contributed by atoms with Gasteiger partial charge in [-0.2, -0.15) is 0 Å². The SMILES string of the molecule is CC1C(C(=O)O)CCN1CCCOc1ccc(Cl)cc1. The maximum absolute atomic E-state index is 11.0. The van der Waals surface area contributed by atoms with Gasteiger partial charge in [-0.15, -0.1) is 0 Å². The molecule has 0 aromatic heterocycles. The second kappa shape index (κ2) is 6.95. The van der Waals surface area contributed by atoms with Crippen molar-refractivity contribution in [2.75, 3.05) is 19.7 Å². The molecule has 1 saturated heterocycles. The van der Waals surface area contributed by atoms with Crippen LogP contribution in [0, 0.1) is 5.92 Å². The van der Waals surface area contributed by atoms with E-state index in [1.807, 2.05) is 19.1 Å². The molecule has 0 bridgehead atoms. The van der Waals surface area contributed by atoms with E-state index in [1.54, 1.807) is 12.1 Å². The van der Waals surface area contributed by atoms with Gasteiger partial charge < -0.3 is 9.84 Å². The van der Waals surface area contributed by atoms with Crippen molar-refractivity contribution in [3.63, 3.8) is 0 Å². The molecule has 1 aromatic rings. The Labute approximate surface area is 124 Å². The highest BCUT2D eigenvalue weighted by Gasteiger charge is 2.34. The zero-order chi connectivity index (χ0) is 14.5. The Morgan fingerprint density at radius 3 is 2.75 bits per heavy atom. The van der Waals surface area contributed by atoms with E-state index in [1.165, 1.54) is 0 Å². The van der Waals surface area contributed by atoms with Crippen LogP contribution in [0.4, 0.5) is 0 Å². The number of hydrogen-bond acceptors (Lipinski definition) is 3. The fourth-order valence-electron chi connectivity index (χ4n) is 2.64. The van der Waals surface area contributed by atoms with Crippen LogP contribution in [0.2, 0.25) is 5.02 Å². The number of hydrogen-bond donors (Lipinski definition) is 1. The lowest BCUT2D eigenvalue weighted by molar-refractivity contribution is -0.142. The molecule has 0 amide bonds. The fraction of sp³-hybridized carbons (Fsp3) is 0.533. The average Bonchev–Trinajstić information content (AvgIpc) is 2.78. The van der Waals surface area contributed by atoms with Crippen LogP contribution >= 0.6 is 11.6 Å². The van der Waals surface area contributed by atoms with Crippen molar-refractivity contribution in [2.45, 2.75) is 25.8 Å². The first-order valence-corrected chi connectivity index (χ1v) is 7.31. The highest BCUT2D eigenvalue weighted by molar-refractivity contribution is 6.30. The van der Waals surface area contributed by atoms with Gasteiger partial charge in [0.25, 0.3) is 0 Å². The Morgan fingerprint density at radius 1 is 1.45 bits per heavy atom. The van der Waals surface area contributed by atoms with Crippen LogP contribution in [0.15, 0.2) is 24.3 Å². The normalized spacial score (nSPS) is 22.9. The quantitative estimate of drug-likeness (QED) is 0.820. The lowest BCUT2D eigenvalue weighted by atomic mass is 10.0. The summed E-state index contributed by atoms with van der Waals surface area (Å²) in [7, 11) is 0. The second-order valence-corrected chi connectivity index (χ2v) is 5.60. The number of halogens is 1. The molecule has 0 radical (unpaired) electrons. The number of carboxylic acid groups (broad SMARTS) is 1. The third kappa shape index (κ3) is 3.87. The summed E-state index contributed by atoms with van der Waals surface area (Å²) >= 11 is 5.80. The first-order valence-electron chi connectivity index (χ1n) is 6.93. The van der Waals surface area contributed by atoms with Crippen molar-refractivity contribution in [1.82, 2.24) is 4.90 Å². The number of carboxylic acids is 1. The summed E-state index contributed by atoms with van der Waals surface area (Å²) < 4.78 is 5.63. The lowest BCUT2D eigenvalue weighted by Gasteiger charge is -2.22. The van der Waals surface area contributed by atoms with E-state index < -0.39 is 5.97 Å². The zero-order valence-electron chi connectivity index (χ0n) is 11.6. The van der Waals surface area contributed by atoms with Crippen LogP contribution in [0.1, 0.15) is 19.8 Å². The summed E-state index contributed by atoms with van der Waals surface area (Å²) in [6.45, 7) is 4.35. The number of carbonyl (C=O) groups is 1. The van der Waals surface area contributed by atoms with Gasteiger partial charge in [0.1, 0.15) is 5.75 Å². The summed E-state index contributed by atoms with van der Waals surface area (Å²) in [4.78, 5) is 13.3. The number of ether oxygens (including phenoxy) is 1. The molecule has 1 heterocycles. The highest BCUT2D eigenvalue weighted by Crippen LogP contribution is 2.24. The van der Waals surface area contributed by atoms with Gasteiger partial charge in [-0.1, -0.05) is 11.6 Å². The first-order chi connectivity index (χ1) is 9.58. The van der Waals surface area contributed by atoms with E-state index in [0.717, 1.165) is 31.7 Å². The molecule has 2 rings (SSSR count). The highest BCUT2D eigenvalue weighted by atomic mass is 35.5. The molecule has 0 aliphatic carbocycles. The second-order valence-electron chi connectivity index (χ2n) is 5.17. The molecule has 110 valence electrons. The van der Waals surface area contributed by atoms with Gasteiger partial charge in [0.15, 0.2) is 0 Å². The van der Waals surface area contributed by atoms with Gasteiger partial charge in [0.05, 0.1) is 12.5 Å². The molecular weight excluding hydrogens is 278 g/mol. The van der Waals surface area contributed by atoms with Crippen molar-refractivity contribution < 1.29 is 14.6 Å². The molecule has 5 heteroatoms. The van der Waals surface area contributed by atoms with E-state index in [2.05, 4.69) is 4.90 Å². The van der Waals surface area contributed by atoms with Gasteiger partial charge >= 0.3 is 5.97 Å². The molecule has 1 aromatic carbocycles. The van der Waals surface area contributed by atoms with Gasteiger partial charge in [-0.3, -0.25) is 9.69 Å². The van der Waals surface area contributed by atoms with Crippen LogP contribution in [-0.4, -0.2) is 41.7 Å². The van der Waals surface area contributed by atoms with E-state index in [0.29, 0.717) is 11.6 Å². The predicted molar refractivity (Wildman–Crippen MR) is 78.3 cm³/mol. The van der Waals surface area contributed by atoms with Gasteiger partial charge in [0.2, 0.25) is 0 Å². The minimum absolute atomic E-state index is 0.114. The third-order valence-corrected chi connectivity index (χ3v) is 4.13. The molecule has 1 aliphatic rings. The number of likely N-dealkylation sites (tertiary alicyclic amines) is 1. The Morgan fingerprint density at radius 2 is 2.15 bits per heavy atom.